The van der Waals surface area contributed by atoms with E-state index < -0.39 is 5.92 Å². The third-order valence-electron chi connectivity index (χ3n) is 8.22. The van der Waals surface area contributed by atoms with E-state index >= 15 is 0 Å². The van der Waals surface area contributed by atoms with Crippen molar-refractivity contribution in [2.24, 2.45) is 5.41 Å². The summed E-state index contributed by atoms with van der Waals surface area (Å²) in [4.78, 5) is 5.82. The second-order valence-electron chi connectivity index (χ2n) is 10.7. The van der Waals surface area contributed by atoms with Gasteiger partial charge in [-0.25, -0.2) is 8.78 Å². The molecular weight excluding hydrogens is 458 g/mol. The molecule has 1 saturated heterocycles. The number of methoxy groups -OCH3 is 1. The molecule has 1 N–H and O–H groups in total. The van der Waals surface area contributed by atoms with Gasteiger partial charge in [-0.1, -0.05) is 24.3 Å². The van der Waals surface area contributed by atoms with Crippen LogP contribution in [0.5, 0.6) is 5.75 Å². The quantitative estimate of drug-likeness (QED) is 0.336. The van der Waals surface area contributed by atoms with E-state index in [0.29, 0.717) is 13.1 Å². The van der Waals surface area contributed by atoms with Gasteiger partial charge < -0.3 is 9.72 Å². The number of ether oxygens (including phenoxy) is 1. The van der Waals surface area contributed by atoms with Crippen LogP contribution in [0.25, 0.3) is 10.9 Å². The molecule has 1 spiro atoms. The van der Waals surface area contributed by atoms with Crippen molar-refractivity contribution in [3.63, 3.8) is 0 Å². The maximum atomic E-state index is 14.0. The molecule has 36 heavy (non-hydrogen) atoms. The van der Waals surface area contributed by atoms with Crippen molar-refractivity contribution in [1.82, 2.24) is 19.7 Å². The number of alkyl halides is 2. The van der Waals surface area contributed by atoms with Crippen LogP contribution in [-0.2, 0) is 13.1 Å². The number of H-pyrrole nitrogens is 1. The highest BCUT2D eigenvalue weighted by molar-refractivity contribution is 5.88. The molecule has 0 amide bonds. The molecule has 4 aromatic rings. The van der Waals surface area contributed by atoms with Gasteiger partial charge in [0.15, 0.2) is 0 Å². The lowest BCUT2D eigenvalue weighted by atomic mass is 9.59. The fraction of sp³-hybridized carbons (Fsp3) is 0.414. The van der Waals surface area contributed by atoms with Gasteiger partial charge in [0, 0.05) is 60.5 Å². The van der Waals surface area contributed by atoms with Crippen LogP contribution in [0, 0.1) is 12.3 Å². The maximum absolute atomic E-state index is 14.0. The number of piperidine rings is 1. The van der Waals surface area contributed by atoms with Crippen molar-refractivity contribution in [1.29, 1.82) is 0 Å². The molecule has 0 radical (unpaired) electrons. The Labute approximate surface area is 210 Å². The summed E-state index contributed by atoms with van der Waals surface area (Å²) in [5, 5.41) is 5.46. The minimum absolute atomic E-state index is 0.0115. The van der Waals surface area contributed by atoms with E-state index in [4.69, 9.17) is 4.74 Å². The molecule has 0 unspecified atom stereocenters. The summed E-state index contributed by atoms with van der Waals surface area (Å²) in [5.41, 5.74) is 5.51. The number of nitrogens with zero attached hydrogens (tertiary/aromatic N) is 3. The molecule has 1 aliphatic heterocycles. The number of hydrogen-bond acceptors (Lipinski definition) is 3. The van der Waals surface area contributed by atoms with Crippen LogP contribution in [-0.4, -0.2) is 39.2 Å². The van der Waals surface area contributed by atoms with E-state index in [-0.39, 0.29) is 24.3 Å². The van der Waals surface area contributed by atoms with E-state index in [1.165, 1.54) is 11.1 Å². The van der Waals surface area contributed by atoms with Gasteiger partial charge in [0.25, 0.3) is 0 Å². The van der Waals surface area contributed by atoms with E-state index in [0.717, 1.165) is 47.2 Å². The Bertz CT molecular complexity index is 1350. The zero-order valence-electron chi connectivity index (χ0n) is 20.8. The van der Waals surface area contributed by atoms with E-state index in [9.17, 15) is 8.78 Å². The summed E-state index contributed by atoms with van der Waals surface area (Å²) in [6.45, 7) is 4.30. The smallest absolute Gasteiger partial charge is 0.249 e. The van der Waals surface area contributed by atoms with Gasteiger partial charge in [-0.2, -0.15) is 5.10 Å². The first kappa shape index (κ1) is 23.2. The number of aromatic amines is 1. The number of nitrogens with one attached hydrogen (secondary N) is 1. The Balaban J connectivity index is 1.32. The molecule has 1 aliphatic carbocycles. The molecule has 2 aliphatic rings. The zero-order chi connectivity index (χ0) is 24.9. The fourth-order valence-corrected chi connectivity index (χ4v) is 6.47. The summed E-state index contributed by atoms with van der Waals surface area (Å²) in [6, 6.07) is 14.8. The summed E-state index contributed by atoms with van der Waals surface area (Å²) in [5.74, 6) is -1.64. The average Bonchev–Trinajstić information content (AvgIpc) is 3.54. The number of hydrogen-bond donors (Lipinski definition) is 1. The van der Waals surface area contributed by atoms with Crippen molar-refractivity contribution in [3.05, 3.63) is 83.3 Å². The molecule has 3 heterocycles. The first-order valence-corrected chi connectivity index (χ1v) is 12.7. The van der Waals surface area contributed by atoms with Crippen LogP contribution in [0.15, 0.2) is 61.1 Å². The molecular formula is C29H32F2N4O. The van der Waals surface area contributed by atoms with E-state index in [1.54, 1.807) is 13.3 Å². The van der Waals surface area contributed by atoms with Crippen LogP contribution < -0.4 is 4.74 Å². The Kier molecular flexibility index (Phi) is 5.63. The molecule has 2 aromatic heterocycles. The SMILES string of the molecule is COc1cc(C)c2[nH]ccc2c1CN1CCC2(C[C@@H]1c1ccc(Cn3cccn3)cc1)CC(F)(F)C2. The number of likely N-dealkylation sites (tertiary alicyclic amines) is 1. The first-order valence-electron chi connectivity index (χ1n) is 12.7. The molecule has 2 fully saturated rings. The second kappa shape index (κ2) is 8.73. The van der Waals surface area contributed by atoms with Crippen molar-refractivity contribution >= 4 is 10.9 Å². The van der Waals surface area contributed by atoms with E-state index in [2.05, 4.69) is 58.3 Å². The van der Waals surface area contributed by atoms with Crippen LogP contribution in [0.1, 0.15) is 54.0 Å². The molecule has 2 aromatic carbocycles. The molecule has 1 saturated carbocycles. The molecule has 7 heteroatoms. The highest BCUT2D eigenvalue weighted by Crippen LogP contribution is 2.60. The minimum Gasteiger partial charge on any atom is -0.496 e. The van der Waals surface area contributed by atoms with Gasteiger partial charge in [-0.05, 0) is 66.6 Å². The topological polar surface area (TPSA) is 46.1 Å². The normalized spacial score (nSPS) is 21.1. The highest BCUT2D eigenvalue weighted by atomic mass is 19.3. The lowest BCUT2D eigenvalue weighted by Gasteiger charge is -2.54. The van der Waals surface area contributed by atoms with E-state index in [1.807, 2.05) is 23.1 Å². The first-order chi connectivity index (χ1) is 17.3. The third-order valence-corrected chi connectivity index (χ3v) is 8.22. The second-order valence-corrected chi connectivity index (χ2v) is 10.7. The lowest BCUT2D eigenvalue weighted by Crippen LogP contribution is -2.53. The number of halogens is 2. The Morgan fingerprint density at radius 2 is 1.94 bits per heavy atom. The number of fused-ring (bicyclic) bond motifs is 1. The largest absolute Gasteiger partial charge is 0.496 e. The fourth-order valence-electron chi connectivity index (χ4n) is 6.47. The zero-order valence-corrected chi connectivity index (χ0v) is 20.8. The summed E-state index contributed by atoms with van der Waals surface area (Å²) in [7, 11) is 1.72. The predicted octanol–water partition coefficient (Wildman–Crippen LogP) is 6.48. The van der Waals surface area contributed by atoms with Crippen molar-refractivity contribution in [2.75, 3.05) is 13.7 Å². The van der Waals surface area contributed by atoms with Crippen LogP contribution >= 0.6 is 0 Å². The summed E-state index contributed by atoms with van der Waals surface area (Å²) in [6.07, 6.45) is 7.29. The number of aryl methyl sites for hydroxylation is 1. The molecule has 1 atom stereocenters. The standard InChI is InChI=1S/C29H32F2N4O/c1-20-14-26(36-2)24(23-8-11-32-27(20)23)17-34-13-9-28(18-29(30,31)19-28)15-25(34)22-6-4-21(5-7-22)16-35-12-3-10-33-35/h3-8,10-12,14,25,32H,9,13,15-19H2,1-2H3/t25-/m1/s1. The molecule has 5 nitrogen and oxygen atoms in total. The number of benzene rings is 2. The highest BCUT2D eigenvalue weighted by Gasteiger charge is 2.58. The third kappa shape index (κ3) is 4.19. The van der Waals surface area contributed by atoms with Crippen LogP contribution in [0.3, 0.4) is 0 Å². The van der Waals surface area contributed by atoms with Gasteiger partial charge in [0.1, 0.15) is 5.75 Å². The van der Waals surface area contributed by atoms with Crippen molar-refractivity contribution < 1.29 is 13.5 Å². The Hall–Kier alpha value is -3.19. The summed E-state index contributed by atoms with van der Waals surface area (Å²) >= 11 is 0. The van der Waals surface area contributed by atoms with Gasteiger partial charge in [0.05, 0.1) is 13.7 Å². The Morgan fingerprint density at radius 3 is 2.64 bits per heavy atom. The summed E-state index contributed by atoms with van der Waals surface area (Å²) < 4.78 is 35.7. The Morgan fingerprint density at radius 1 is 1.14 bits per heavy atom. The molecule has 188 valence electrons. The van der Waals surface area contributed by atoms with Crippen molar-refractivity contribution in [2.45, 2.75) is 57.7 Å². The average molecular weight is 491 g/mol. The maximum Gasteiger partial charge on any atom is 0.249 e. The number of aromatic nitrogens is 3. The predicted molar refractivity (Wildman–Crippen MR) is 136 cm³/mol. The van der Waals surface area contributed by atoms with Gasteiger partial charge in [0.2, 0.25) is 5.92 Å². The van der Waals surface area contributed by atoms with Gasteiger partial charge in [-0.3, -0.25) is 9.58 Å². The lowest BCUT2D eigenvalue weighted by molar-refractivity contribution is -0.186. The van der Waals surface area contributed by atoms with Gasteiger partial charge in [-0.15, -0.1) is 0 Å². The van der Waals surface area contributed by atoms with Crippen molar-refractivity contribution in [3.8, 4) is 5.75 Å². The van der Waals surface area contributed by atoms with Crippen LogP contribution in [0.2, 0.25) is 0 Å². The number of rotatable bonds is 6. The van der Waals surface area contributed by atoms with Gasteiger partial charge >= 0.3 is 0 Å². The minimum atomic E-state index is -2.52. The van der Waals surface area contributed by atoms with Crippen LogP contribution in [0.4, 0.5) is 8.78 Å². The molecule has 6 rings (SSSR count). The monoisotopic (exact) mass is 490 g/mol. The molecule has 0 bridgehead atoms.